The smallest absolute Gasteiger partial charge is 0.225 e. The Balaban J connectivity index is 1.65. The second-order valence-corrected chi connectivity index (χ2v) is 6.14. The third-order valence-corrected chi connectivity index (χ3v) is 4.13. The predicted octanol–water partition coefficient (Wildman–Crippen LogP) is 5.03. The minimum absolute atomic E-state index is 0.339. The highest BCUT2D eigenvalue weighted by molar-refractivity contribution is 5.67. The average Bonchev–Trinajstić information content (AvgIpc) is 2.75. The number of para-hydroxylation sites is 1. The highest BCUT2D eigenvalue weighted by atomic mass is 19.1. The van der Waals surface area contributed by atoms with Crippen LogP contribution in [0.2, 0.25) is 0 Å². The third-order valence-electron chi connectivity index (χ3n) is 4.13. The zero-order valence-corrected chi connectivity index (χ0v) is 15.0. The van der Waals surface area contributed by atoms with Crippen molar-refractivity contribution in [2.75, 3.05) is 10.6 Å². The molecule has 138 valence electrons. The summed E-state index contributed by atoms with van der Waals surface area (Å²) < 4.78 is 14.0. The summed E-state index contributed by atoms with van der Waals surface area (Å²) in [7, 11) is 0. The molecule has 2 aromatic heterocycles. The second kappa shape index (κ2) is 8.26. The molecule has 0 aliphatic carbocycles. The highest BCUT2D eigenvalue weighted by Gasteiger charge is 2.09. The Morgan fingerprint density at radius 1 is 0.821 bits per heavy atom. The first-order valence-corrected chi connectivity index (χ1v) is 8.87. The molecule has 28 heavy (non-hydrogen) atoms. The number of nitrogens with one attached hydrogen (secondary N) is 2. The molecule has 2 aromatic carbocycles. The van der Waals surface area contributed by atoms with Gasteiger partial charge in [0.25, 0.3) is 0 Å². The molecular weight excluding hydrogens is 353 g/mol. The molecule has 4 rings (SSSR count). The van der Waals surface area contributed by atoms with E-state index in [1.165, 1.54) is 6.07 Å². The van der Waals surface area contributed by atoms with E-state index in [0.29, 0.717) is 24.0 Å². The fraction of sp³-hybridized carbons (Fsp3) is 0.0455. The lowest BCUT2D eigenvalue weighted by atomic mass is 10.1. The number of hydrogen-bond donors (Lipinski definition) is 2. The number of aromatic nitrogens is 3. The SMILES string of the molecule is Fc1ccccc1Nc1cc(-c2ccccc2)nc(NCc2ccncc2)n1. The maximum Gasteiger partial charge on any atom is 0.225 e. The van der Waals surface area contributed by atoms with Crippen LogP contribution in [0, 0.1) is 5.82 Å². The first-order valence-electron chi connectivity index (χ1n) is 8.87. The second-order valence-electron chi connectivity index (χ2n) is 6.14. The van der Waals surface area contributed by atoms with Crippen LogP contribution in [-0.2, 0) is 6.54 Å². The maximum absolute atomic E-state index is 14.0. The van der Waals surface area contributed by atoms with E-state index < -0.39 is 0 Å². The molecule has 0 amide bonds. The van der Waals surface area contributed by atoms with Gasteiger partial charge >= 0.3 is 0 Å². The molecule has 0 aliphatic heterocycles. The van der Waals surface area contributed by atoms with Gasteiger partial charge in [0.1, 0.15) is 11.6 Å². The standard InChI is InChI=1S/C22H18FN5/c23-18-8-4-5-9-19(18)26-21-14-20(17-6-2-1-3-7-17)27-22(28-21)25-15-16-10-12-24-13-11-16/h1-14H,15H2,(H2,25,26,27,28). The molecule has 0 bridgehead atoms. The number of halogens is 1. The number of rotatable bonds is 6. The predicted molar refractivity (Wildman–Crippen MR) is 109 cm³/mol. The number of nitrogens with zero attached hydrogens (tertiary/aromatic N) is 3. The lowest BCUT2D eigenvalue weighted by Gasteiger charge is -2.12. The Kier molecular flexibility index (Phi) is 5.20. The van der Waals surface area contributed by atoms with Crippen molar-refractivity contribution in [2.45, 2.75) is 6.54 Å². The molecule has 0 fully saturated rings. The van der Waals surface area contributed by atoms with Crippen molar-refractivity contribution in [2.24, 2.45) is 0 Å². The third kappa shape index (κ3) is 4.29. The molecule has 0 unspecified atom stereocenters. The van der Waals surface area contributed by atoms with Gasteiger partial charge < -0.3 is 10.6 Å². The van der Waals surface area contributed by atoms with Crippen molar-refractivity contribution in [3.05, 3.63) is 96.6 Å². The summed E-state index contributed by atoms with van der Waals surface area (Å²) in [4.78, 5) is 13.1. The van der Waals surface area contributed by atoms with Gasteiger partial charge in [-0.3, -0.25) is 4.98 Å². The van der Waals surface area contributed by atoms with E-state index in [4.69, 9.17) is 0 Å². The Labute approximate surface area is 162 Å². The van der Waals surface area contributed by atoms with Crippen LogP contribution in [0.4, 0.5) is 21.8 Å². The van der Waals surface area contributed by atoms with Gasteiger partial charge in [-0.05, 0) is 29.8 Å². The summed E-state index contributed by atoms with van der Waals surface area (Å²) in [5.74, 6) is 0.627. The summed E-state index contributed by atoms with van der Waals surface area (Å²) in [6.45, 7) is 0.555. The van der Waals surface area contributed by atoms with Crippen LogP contribution in [0.1, 0.15) is 5.56 Å². The normalized spacial score (nSPS) is 10.5. The monoisotopic (exact) mass is 371 g/mol. The minimum Gasteiger partial charge on any atom is -0.350 e. The molecule has 5 nitrogen and oxygen atoms in total. The summed E-state index contributed by atoms with van der Waals surface area (Å²) >= 11 is 0. The number of benzene rings is 2. The van der Waals surface area contributed by atoms with Crippen molar-refractivity contribution < 1.29 is 4.39 Å². The molecule has 0 aliphatic rings. The van der Waals surface area contributed by atoms with E-state index in [9.17, 15) is 4.39 Å². The first-order chi connectivity index (χ1) is 13.8. The van der Waals surface area contributed by atoms with Gasteiger partial charge in [-0.1, -0.05) is 42.5 Å². The topological polar surface area (TPSA) is 62.7 Å². The molecular formula is C22H18FN5. The molecule has 0 saturated carbocycles. The zero-order chi connectivity index (χ0) is 19.2. The fourth-order valence-corrected chi connectivity index (χ4v) is 2.73. The van der Waals surface area contributed by atoms with Crippen molar-refractivity contribution in [1.82, 2.24) is 15.0 Å². The fourth-order valence-electron chi connectivity index (χ4n) is 2.73. The van der Waals surface area contributed by atoms with Gasteiger partial charge in [0.2, 0.25) is 5.95 Å². The molecule has 4 aromatic rings. The lowest BCUT2D eigenvalue weighted by Crippen LogP contribution is -2.06. The Hall–Kier alpha value is -3.80. The highest BCUT2D eigenvalue weighted by Crippen LogP contribution is 2.24. The average molecular weight is 371 g/mol. The van der Waals surface area contributed by atoms with Crippen molar-refractivity contribution in [3.8, 4) is 11.3 Å². The number of hydrogen-bond acceptors (Lipinski definition) is 5. The van der Waals surface area contributed by atoms with E-state index in [-0.39, 0.29) is 5.82 Å². The summed E-state index contributed by atoms with van der Waals surface area (Å²) in [6, 6.07) is 21.9. The Bertz CT molecular complexity index is 1050. The van der Waals surface area contributed by atoms with Gasteiger partial charge in [-0.25, -0.2) is 9.37 Å². The van der Waals surface area contributed by atoms with Gasteiger partial charge in [0, 0.05) is 30.6 Å². The van der Waals surface area contributed by atoms with E-state index in [2.05, 4.69) is 25.6 Å². The van der Waals surface area contributed by atoms with Crippen LogP contribution < -0.4 is 10.6 Å². The minimum atomic E-state index is -0.339. The van der Waals surface area contributed by atoms with Crippen LogP contribution in [0.25, 0.3) is 11.3 Å². The zero-order valence-electron chi connectivity index (χ0n) is 15.0. The van der Waals surface area contributed by atoms with Crippen molar-refractivity contribution >= 4 is 17.5 Å². The summed E-state index contributed by atoms with van der Waals surface area (Å²) in [5.41, 5.74) is 3.12. The number of pyridine rings is 1. The molecule has 0 saturated heterocycles. The van der Waals surface area contributed by atoms with Gasteiger partial charge in [0.15, 0.2) is 0 Å². The summed E-state index contributed by atoms with van der Waals surface area (Å²) in [5, 5.41) is 6.27. The first kappa shape index (κ1) is 17.6. The lowest BCUT2D eigenvalue weighted by molar-refractivity contribution is 0.632. The van der Waals surface area contributed by atoms with Crippen LogP contribution in [0.5, 0.6) is 0 Å². The molecule has 0 radical (unpaired) electrons. The Morgan fingerprint density at radius 2 is 1.57 bits per heavy atom. The van der Waals surface area contributed by atoms with Gasteiger partial charge in [-0.15, -0.1) is 0 Å². The van der Waals surface area contributed by atoms with Crippen LogP contribution in [0.3, 0.4) is 0 Å². The van der Waals surface area contributed by atoms with Gasteiger partial charge in [-0.2, -0.15) is 4.98 Å². The van der Waals surface area contributed by atoms with E-state index in [1.807, 2.05) is 42.5 Å². The van der Waals surface area contributed by atoms with Crippen LogP contribution in [-0.4, -0.2) is 15.0 Å². The molecule has 2 heterocycles. The summed E-state index contributed by atoms with van der Waals surface area (Å²) in [6.07, 6.45) is 3.48. The van der Waals surface area contributed by atoms with Crippen LogP contribution >= 0.6 is 0 Å². The molecule has 0 spiro atoms. The van der Waals surface area contributed by atoms with Crippen LogP contribution in [0.15, 0.2) is 85.2 Å². The number of anilines is 3. The van der Waals surface area contributed by atoms with E-state index >= 15 is 0 Å². The molecule has 6 heteroatoms. The quantitative estimate of drug-likeness (QED) is 0.497. The van der Waals surface area contributed by atoms with Crippen molar-refractivity contribution in [1.29, 1.82) is 0 Å². The Morgan fingerprint density at radius 3 is 2.36 bits per heavy atom. The largest absolute Gasteiger partial charge is 0.350 e. The van der Waals surface area contributed by atoms with E-state index in [0.717, 1.165) is 16.8 Å². The van der Waals surface area contributed by atoms with Gasteiger partial charge in [0.05, 0.1) is 11.4 Å². The molecule has 0 atom stereocenters. The maximum atomic E-state index is 14.0. The van der Waals surface area contributed by atoms with E-state index in [1.54, 1.807) is 36.7 Å². The van der Waals surface area contributed by atoms with Crippen molar-refractivity contribution in [3.63, 3.8) is 0 Å². The molecule has 2 N–H and O–H groups in total.